The third kappa shape index (κ3) is 12.5. The minimum absolute atomic E-state index is 0.213. The SMILES string of the molecule is O=C(O)CN(CCN(CC(=O)O)CC(=O)OP(=O)(O)O)CC(=O)O. The number of carboxylic acids is 3. The molecule has 0 bridgehead atoms. The Morgan fingerprint density at radius 1 is 0.750 bits per heavy atom. The quantitative estimate of drug-likeness (QED) is 0.225. The van der Waals surface area contributed by atoms with Gasteiger partial charge in [-0.3, -0.25) is 38.8 Å². The third-order valence-corrected chi connectivity index (χ3v) is 2.82. The van der Waals surface area contributed by atoms with Crippen LogP contribution in [0.3, 0.4) is 0 Å². The topological polar surface area (TPSA) is 202 Å². The molecule has 0 aromatic carbocycles. The lowest BCUT2D eigenvalue weighted by atomic mass is 10.4. The predicted molar refractivity (Wildman–Crippen MR) is 73.9 cm³/mol. The summed E-state index contributed by atoms with van der Waals surface area (Å²) in [7, 11) is -5.08. The van der Waals surface area contributed by atoms with Crippen LogP contribution < -0.4 is 0 Å². The normalized spacial score (nSPS) is 11.5. The van der Waals surface area contributed by atoms with Gasteiger partial charge in [-0.25, -0.2) is 4.57 Å². The van der Waals surface area contributed by atoms with Crippen molar-refractivity contribution in [2.75, 3.05) is 39.3 Å². The number of hydrogen-bond donors (Lipinski definition) is 5. The molecule has 0 atom stereocenters. The standard InChI is InChI=1S/C10H17N2O11P/c13-7(14)3-11(4-8(15)16)1-2-12(5-9(17)18)6-10(19)23-24(20,21)22/h1-6H2,(H,13,14)(H,15,16)(H,17,18)(H2,20,21,22). The summed E-state index contributed by atoms with van der Waals surface area (Å²) >= 11 is 0. The van der Waals surface area contributed by atoms with Crippen LogP contribution in [0.4, 0.5) is 0 Å². The van der Waals surface area contributed by atoms with Gasteiger partial charge in [-0.05, 0) is 0 Å². The molecule has 138 valence electrons. The fourth-order valence-electron chi connectivity index (χ4n) is 1.63. The molecule has 0 radical (unpaired) electrons. The molecule has 5 N–H and O–H groups in total. The first-order chi connectivity index (χ1) is 10.9. The van der Waals surface area contributed by atoms with E-state index in [2.05, 4.69) is 4.52 Å². The second kappa shape index (κ2) is 9.95. The number of phosphoric ester groups is 1. The molecule has 0 amide bonds. The van der Waals surface area contributed by atoms with Gasteiger partial charge < -0.3 is 19.8 Å². The first-order valence-corrected chi connectivity index (χ1v) is 7.80. The number of phosphoric acid groups is 1. The van der Waals surface area contributed by atoms with Crippen molar-refractivity contribution in [3.05, 3.63) is 0 Å². The van der Waals surface area contributed by atoms with Crippen LogP contribution in [0.2, 0.25) is 0 Å². The van der Waals surface area contributed by atoms with Gasteiger partial charge in [-0.1, -0.05) is 0 Å². The Labute approximate surface area is 135 Å². The van der Waals surface area contributed by atoms with Gasteiger partial charge in [0, 0.05) is 13.1 Å². The molecule has 0 fully saturated rings. The van der Waals surface area contributed by atoms with E-state index in [9.17, 15) is 23.7 Å². The van der Waals surface area contributed by atoms with Crippen molar-refractivity contribution >= 4 is 31.7 Å². The Hall–Kier alpha value is -2.05. The van der Waals surface area contributed by atoms with Gasteiger partial charge in [0.05, 0.1) is 26.2 Å². The van der Waals surface area contributed by atoms with Gasteiger partial charge in [-0.15, -0.1) is 0 Å². The van der Waals surface area contributed by atoms with E-state index in [1.807, 2.05) is 0 Å². The number of carbonyl (C=O) groups is 4. The number of carbonyl (C=O) groups excluding carboxylic acids is 1. The molecule has 24 heavy (non-hydrogen) atoms. The summed E-state index contributed by atoms with van der Waals surface area (Å²) in [5.74, 6) is -5.35. The van der Waals surface area contributed by atoms with E-state index in [1.165, 1.54) is 0 Å². The smallest absolute Gasteiger partial charge is 0.480 e. The van der Waals surface area contributed by atoms with Gasteiger partial charge >= 0.3 is 31.7 Å². The largest absolute Gasteiger partial charge is 0.527 e. The van der Waals surface area contributed by atoms with Crippen LogP contribution in [-0.2, 0) is 28.3 Å². The average Bonchev–Trinajstić information content (AvgIpc) is 2.30. The summed E-state index contributed by atoms with van der Waals surface area (Å²) in [6.07, 6.45) is 0. The van der Waals surface area contributed by atoms with Crippen molar-refractivity contribution in [2.24, 2.45) is 0 Å². The Balaban J connectivity index is 4.77. The maximum atomic E-state index is 11.3. The summed E-state index contributed by atoms with van der Waals surface area (Å²) in [5, 5.41) is 26.1. The summed E-state index contributed by atoms with van der Waals surface area (Å²) in [6, 6.07) is 0. The van der Waals surface area contributed by atoms with E-state index in [4.69, 9.17) is 25.1 Å². The maximum Gasteiger partial charge on any atom is 0.527 e. The molecule has 0 aromatic heterocycles. The van der Waals surface area contributed by atoms with Gasteiger partial charge in [0.1, 0.15) is 0 Å². The van der Waals surface area contributed by atoms with E-state index >= 15 is 0 Å². The van der Waals surface area contributed by atoms with Gasteiger partial charge in [-0.2, -0.15) is 0 Å². The number of aliphatic carboxylic acids is 3. The van der Waals surface area contributed by atoms with Gasteiger partial charge in [0.2, 0.25) is 0 Å². The highest BCUT2D eigenvalue weighted by molar-refractivity contribution is 7.46. The van der Waals surface area contributed by atoms with E-state index in [1.54, 1.807) is 0 Å². The molecule has 0 saturated carbocycles. The van der Waals surface area contributed by atoms with Crippen molar-refractivity contribution in [1.29, 1.82) is 0 Å². The van der Waals surface area contributed by atoms with Crippen LogP contribution in [-0.4, -0.2) is 98.1 Å². The van der Waals surface area contributed by atoms with Gasteiger partial charge in [0.25, 0.3) is 0 Å². The molecule has 0 aliphatic heterocycles. The van der Waals surface area contributed by atoms with Crippen molar-refractivity contribution in [1.82, 2.24) is 9.80 Å². The molecule has 0 aliphatic carbocycles. The first-order valence-electron chi connectivity index (χ1n) is 6.27. The molecule has 0 aliphatic rings. The molecule has 0 heterocycles. The predicted octanol–water partition coefficient (Wildman–Crippen LogP) is -2.52. The highest BCUT2D eigenvalue weighted by Gasteiger charge is 2.24. The summed E-state index contributed by atoms with van der Waals surface area (Å²) in [4.78, 5) is 62.2. The molecular weight excluding hydrogens is 355 g/mol. The van der Waals surface area contributed by atoms with Crippen LogP contribution in [0.25, 0.3) is 0 Å². The van der Waals surface area contributed by atoms with Crippen molar-refractivity contribution in [2.45, 2.75) is 0 Å². The highest BCUT2D eigenvalue weighted by Crippen LogP contribution is 2.35. The van der Waals surface area contributed by atoms with E-state index in [0.717, 1.165) is 9.80 Å². The zero-order valence-electron chi connectivity index (χ0n) is 12.3. The van der Waals surface area contributed by atoms with E-state index in [0.29, 0.717) is 0 Å². The molecule has 0 unspecified atom stereocenters. The summed E-state index contributed by atoms with van der Waals surface area (Å²) in [6.45, 7) is -3.20. The van der Waals surface area contributed by atoms with Crippen molar-refractivity contribution in [3.8, 4) is 0 Å². The molecule has 0 rings (SSSR count). The molecule has 14 heteroatoms. The molecular formula is C10H17N2O11P. The second-order valence-corrected chi connectivity index (χ2v) is 5.72. The van der Waals surface area contributed by atoms with Crippen molar-refractivity contribution < 1.29 is 53.4 Å². The number of nitrogens with zero attached hydrogens (tertiary/aromatic N) is 2. The molecule has 0 saturated heterocycles. The van der Waals surface area contributed by atoms with Crippen molar-refractivity contribution in [3.63, 3.8) is 0 Å². The van der Waals surface area contributed by atoms with Crippen LogP contribution in [0.5, 0.6) is 0 Å². The highest BCUT2D eigenvalue weighted by atomic mass is 31.2. The zero-order valence-corrected chi connectivity index (χ0v) is 13.2. The van der Waals surface area contributed by atoms with E-state index < -0.39 is 57.9 Å². The lowest BCUT2D eigenvalue weighted by Crippen LogP contribution is -2.43. The molecule has 0 spiro atoms. The lowest BCUT2D eigenvalue weighted by molar-refractivity contribution is -0.145. The second-order valence-electron chi connectivity index (χ2n) is 4.56. The van der Waals surface area contributed by atoms with Gasteiger partial charge in [0.15, 0.2) is 0 Å². The lowest BCUT2D eigenvalue weighted by Gasteiger charge is -2.24. The number of carboxylic acid groups (broad SMARTS) is 3. The monoisotopic (exact) mass is 372 g/mol. The number of hydrogen-bond acceptors (Lipinski definition) is 8. The Morgan fingerprint density at radius 3 is 1.38 bits per heavy atom. The first kappa shape index (κ1) is 21.9. The molecule has 0 aromatic rings. The number of rotatable bonds is 12. The average molecular weight is 372 g/mol. The minimum Gasteiger partial charge on any atom is -0.480 e. The van der Waals surface area contributed by atoms with E-state index in [-0.39, 0.29) is 13.1 Å². The fourth-order valence-corrected chi connectivity index (χ4v) is 1.95. The third-order valence-electron chi connectivity index (χ3n) is 2.38. The fraction of sp³-hybridized carbons (Fsp3) is 0.600. The van der Waals surface area contributed by atoms with Crippen LogP contribution in [0.15, 0.2) is 0 Å². The Morgan fingerprint density at radius 2 is 1.08 bits per heavy atom. The van der Waals surface area contributed by atoms with Crippen LogP contribution >= 0.6 is 7.82 Å². The minimum atomic E-state index is -5.08. The summed E-state index contributed by atoms with van der Waals surface area (Å²) < 4.78 is 14.3. The Bertz CT molecular complexity index is 515. The zero-order chi connectivity index (χ0) is 18.9. The Kier molecular flexibility index (Phi) is 9.10. The molecule has 13 nitrogen and oxygen atoms in total. The maximum absolute atomic E-state index is 11.3. The van der Waals surface area contributed by atoms with Crippen LogP contribution in [0.1, 0.15) is 0 Å². The summed E-state index contributed by atoms with van der Waals surface area (Å²) in [5.41, 5.74) is 0. The van der Waals surface area contributed by atoms with Crippen LogP contribution in [0, 0.1) is 0 Å².